The van der Waals surface area contributed by atoms with Gasteiger partial charge in [-0.3, -0.25) is 0 Å². The second-order valence-electron chi connectivity index (χ2n) is 5.20. The monoisotopic (exact) mass is 273 g/mol. The average Bonchev–Trinajstić information content (AvgIpc) is 2.85. The number of nitrogens with zero attached hydrogens (tertiary/aromatic N) is 2. The van der Waals surface area contributed by atoms with E-state index in [4.69, 9.17) is 10.5 Å². The molecule has 1 unspecified atom stereocenters. The zero-order valence-electron chi connectivity index (χ0n) is 12.5. The van der Waals surface area contributed by atoms with Gasteiger partial charge in [0.05, 0.1) is 18.2 Å². The zero-order valence-corrected chi connectivity index (χ0v) is 12.5. The number of ether oxygens (including phenoxy) is 1. The van der Waals surface area contributed by atoms with E-state index in [9.17, 15) is 0 Å². The van der Waals surface area contributed by atoms with Crippen LogP contribution in [0.4, 0.5) is 0 Å². The van der Waals surface area contributed by atoms with Crippen LogP contribution < -0.4 is 10.5 Å². The van der Waals surface area contributed by atoms with E-state index in [1.54, 1.807) is 0 Å². The molecular formula is C16H23N3O. The summed E-state index contributed by atoms with van der Waals surface area (Å²) < 4.78 is 8.07. The van der Waals surface area contributed by atoms with Crippen molar-refractivity contribution in [1.29, 1.82) is 0 Å². The topological polar surface area (TPSA) is 53.1 Å². The van der Waals surface area contributed by atoms with Crippen molar-refractivity contribution in [2.24, 2.45) is 5.73 Å². The molecule has 0 spiro atoms. The first-order valence-corrected chi connectivity index (χ1v) is 7.09. The van der Waals surface area contributed by atoms with Crippen molar-refractivity contribution in [2.75, 3.05) is 0 Å². The quantitative estimate of drug-likeness (QED) is 0.879. The van der Waals surface area contributed by atoms with Crippen LogP contribution in [0.2, 0.25) is 0 Å². The molecule has 1 heterocycles. The second-order valence-corrected chi connectivity index (χ2v) is 5.20. The molecule has 0 saturated carbocycles. The molecule has 0 aliphatic carbocycles. The number of aromatic nitrogens is 2. The van der Waals surface area contributed by atoms with Crippen molar-refractivity contribution >= 4 is 0 Å². The largest absolute Gasteiger partial charge is 0.487 e. The first-order chi connectivity index (χ1) is 9.61. The van der Waals surface area contributed by atoms with Crippen LogP contribution in [0.3, 0.4) is 0 Å². The van der Waals surface area contributed by atoms with Crippen LogP contribution in [0, 0.1) is 6.92 Å². The van der Waals surface area contributed by atoms with Gasteiger partial charge in [-0.1, -0.05) is 24.6 Å². The van der Waals surface area contributed by atoms with Gasteiger partial charge < -0.3 is 15.0 Å². The van der Waals surface area contributed by atoms with Gasteiger partial charge >= 0.3 is 0 Å². The predicted molar refractivity (Wildman–Crippen MR) is 80.6 cm³/mol. The number of aryl methyl sites for hydroxylation is 2. The highest BCUT2D eigenvalue weighted by Crippen LogP contribution is 2.25. The number of benzene rings is 1. The minimum Gasteiger partial charge on any atom is -0.487 e. The highest BCUT2D eigenvalue weighted by Gasteiger charge is 2.10. The lowest BCUT2D eigenvalue weighted by molar-refractivity contribution is 0.290. The fraction of sp³-hybridized carbons (Fsp3) is 0.438. The lowest BCUT2D eigenvalue weighted by Gasteiger charge is -2.15. The van der Waals surface area contributed by atoms with Crippen molar-refractivity contribution < 1.29 is 4.74 Å². The maximum atomic E-state index is 6.01. The van der Waals surface area contributed by atoms with Crippen LogP contribution >= 0.6 is 0 Å². The van der Waals surface area contributed by atoms with E-state index >= 15 is 0 Å². The molecule has 4 heteroatoms. The van der Waals surface area contributed by atoms with Gasteiger partial charge in [0.15, 0.2) is 0 Å². The average molecular weight is 273 g/mol. The van der Waals surface area contributed by atoms with E-state index in [1.165, 1.54) is 5.56 Å². The Morgan fingerprint density at radius 1 is 1.40 bits per heavy atom. The van der Waals surface area contributed by atoms with Crippen molar-refractivity contribution in [3.63, 3.8) is 0 Å². The first kappa shape index (κ1) is 14.6. The molecule has 2 aromatic rings. The first-order valence-electron chi connectivity index (χ1n) is 7.09. The highest BCUT2D eigenvalue weighted by atomic mass is 16.5. The van der Waals surface area contributed by atoms with Crippen LogP contribution in [-0.2, 0) is 13.2 Å². The van der Waals surface area contributed by atoms with E-state index < -0.39 is 0 Å². The Bertz CT molecular complexity index is 561. The van der Waals surface area contributed by atoms with Gasteiger partial charge in [0, 0.05) is 18.2 Å². The van der Waals surface area contributed by atoms with Crippen molar-refractivity contribution in [1.82, 2.24) is 9.55 Å². The van der Waals surface area contributed by atoms with E-state index in [0.29, 0.717) is 6.61 Å². The maximum Gasteiger partial charge on any atom is 0.130 e. The molecule has 108 valence electrons. The molecule has 1 aromatic heterocycles. The molecule has 2 N–H and O–H groups in total. The third kappa shape index (κ3) is 3.39. The van der Waals surface area contributed by atoms with Gasteiger partial charge in [0.1, 0.15) is 12.4 Å². The molecule has 1 atom stereocenters. The molecule has 4 nitrogen and oxygen atoms in total. The van der Waals surface area contributed by atoms with Gasteiger partial charge in [0.2, 0.25) is 0 Å². The number of imidazole rings is 1. The summed E-state index contributed by atoms with van der Waals surface area (Å²) in [5, 5.41) is 0. The van der Waals surface area contributed by atoms with E-state index in [0.717, 1.165) is 30.0 Å². The Kier molecular flexibility index (Phi) is 4.79. The SMILES string of the molecule is CCCn1cncc1COc1ccc(C)cc1C(C)N. The molecule has 0 aliphatic rings. The molecule has 0 radical (unpaired) electrons. The summed E-state index contributed by atoms with van der Waals surface area (Å²) in [5.74, 6) is 0.856. The van der Waals surface area contributed by atoms with E-state index in [2.05, 4.69) is 29.5 Å². The highest BCUT2D eigenvalue weighted by molar-refractivity contribution is 5.38. The van der Waals surface area contributed by atoms with Crippen molar-refractivity contribution in [3.05, 3.63) is 47.5 Å². The summed E-state index contributed by atoms with van der Waals surface area (Å²) in [7, 11) is 0. The Labute approximate surface area is 120 Å². The molecule has 0 amide bonds. The zero-order chi connectivity index (χ0) is 14.5. The summed E-state index contributed by atoms with van der Waals surface area (Å²) in [4.78, 5) is 4.18. The summed E-state index contributed by atoms with van der Waals surface area (Å²) in [5.41, 5.74) is 9.34. The molecular weight excluding hydrogens is 250 g/mol. The van der Waals surface area contributed by atoms with Gasteiger partial charge in [-0.2, -0.15) is 0 Å². The number of nitrogens with two attached hydrogens (primary N) is 1. The van der Waals surface area contributed by atoms with E-state index in [-0.39, 0.29) is 6.04 Å². The lowest BCUT2D eigenvalue weighted by atomic mass is 10.1. The Morgan fingerprint density at radius 2 is 2.20 bits per heavy atom. The lowest BCUT2D eigenvalue weighted by Crippen LogP contribution is -2.10. The molecule has 0 bridgehead atoms. The molecule has 0 aliphatic heterocycles. The fourth-order valence-corrected chi connectivity index (χ4v) is 2.22. The number of rotatable bonds is 6. The third-order valence-electron chi connectivity index (χ3n) is 3.29. The summed E-state index contributed by atoms with van der Waals surface area (Å²) >= 11 is 0. The molecule has 0 saturated heterocycles. The molecule has 2 rings (SSSR count). The van der Waals surface area contributed by atoms with Crippen LogP contribution in [0.15, 0.2) is 30.7 Å². The predicted octanol–water partition coefficient (Wildman–Crippen LogP) is 3.20. The van der Waals surface area contributed by atoms with Crippen molar-refractivity contribution in [3.8, 4) is 5.75 Å². The van der Waals surface area contributed by atoms with Crippen LogP contribution in [-0.4, -0.2) is 9.55 Å². The number of hydrogen-bond acceptors (Lipinski definition) is 3. The van der Waals surface area contributed by atoms with E-state index in [1.807, 2.05) is 31.6 Å². The number of hydrogen-bond donors (Lipinski definition) is 1. The Morgan fingerprint density at radius 3 is 2.90 bits per heavy atom. The summed E-state index contributed by atoms with van der Waals surface area (Å²) in [6.45, 7) is 7.67. The second kappa shape index (κ2) is 6.57. The van der Waals surface area contributed by atoms with Gasteiger partial charge in [-0.25, -0.2) is 4.98 Å². The van der Waals surface area contributed by atoms with Crippen LogP contribution in [0.1, 0.15) is 43.1 Å². The third-order valence-corrected chi connectivity index (χ3v) is 3.29. The maximum absolute atomic E-state index is 6.01. The van der Waals surface area contributed by atoms with Gasteiger partial charge in [0.25, 0.3) is 0 Å². The Balaban J connectivity index is 2.12. The van der Waals surface area contributed by atoms with Gasteiger partial charge in [-0.15, -0.1) is 0 Å². The summed E-state index contributed by atoms with van der Waals surface area (Å²) in [6.07, 6.45) is 4.79. The Hall–Kier alpha value is -1.81. The molecule has 1 aromatic carbocycles. The minimum atomic E-state index is -0.0366. The summed E-state index contributed by atoms with van der Waals surface area (Å²) in [6, 6.07) is 6.09. The fourth-order valence-electron chi connectivity index (χ4n) is 2.22. The van der Waals surface area contributed by atoms with Crippen LogP contribution in [0.25, 0.3) is 0 Å². The smallest absolute Gasteiger partial charge is 0.130 e. The molecule has 0 fully saturated rings. The molecule has 20 heavy (non-hydrogen) atoms. The standard InChI is InChI=1S/C16H23N3O/c1-4-7-19-11-18-9-14(19)10-20-16-6-5-12(2)8-15(16)13(3)17/h5-6,8-9,11,13H,4,7,10,17H2,1-3H3. The minimum absolute atomic E-state index is 0.0366. The van der Waals surface area contributed by atoms with Crippen LogP contribution in [0.5, 0.6) is 5.75 Å². The van der Waals surface area contributed by atoms with Gasteiger partial charge in [-0.05, 0) is 26.3 Å². The van der Waals surface area contributed by atoms with Crippen molar-refractivity contribution in [2.45, 2.75) is 46.4 Å². The normalized spacial score (nSPS) is 12.4.